The lowest BCUT2D eigenvalue weighted by Crippen LogP contribution is -1.84. The number of hydrogen-bond acceptors (Lipinski definition) is 4. The summed E-state index contributed by atoms with van der Waals surface area (Å²) in [6.07, 6.45) is 11.2. The van der Waals surface area contributed by atoms with Gasteiger partial charge in [-0.15, -0.1) is 0 Å². The molecule has 3 heterocycles. The van der Waals surface area contributed by atoms with E-state index < -0.39 is 0 Å². The van der Waals surface area contributed by atoms with E-state index in [1.807, 2.05) is 42.5 Å². The molecule has 4 nitrogen and oxygen atoms in total. The average Bonchev–Trinajstić information content (AvgIpc) is 3.13. The molecule has 4 heteroatoms. The lowest BCUT2D eigenvalue weighted by atomic mass is 10.1. The molecule has 122 valence electrons. The van der Waals surface area contributed by atoms with Crippen LogP contribution < -0.4 is 4.74 Å². The van der Waals surface area contributed by atoms with Gasteiger partial charge in [0.05, 0.1) is 7.11 Å². The van der Waals surface area contributed by atoms with Crippen LogP contribution in [-0.4, -0.2) is 17.1 Å². The molecule has 0 spiro atoms. The predicted octanol–water partition coefficient (Wildman–Crippen LogP) is 5.07. The van der Waals surface area contributed by atoms with Crippen LogP contribution in [-0.2, 0) is 0 Å². The van der Waals surface area contributed by atoms with Gasteiger partial charge in [0.25, 0.3) is 0 Å². The first-order valence-corrected chi connectivity index (χ1v) is 7.94. The summed E-state index contributed by atoms with van der Waals surface area (Å²) in [4.78, 5) is 8.10. The van der Waals surface area contributed by atoms with Crippen molar-refractivity contribution in [2.45, 2.75) is 0 Å². The lowest BCUT2D eigenvalue weighted by Gasteiger charge is -2.02. The van der Waals surface area contributed by atoms with E-state index in [0.717, 1.165) is 39.2 Å². The number of fused-ring (bicyclic) bond motifs is 1. The van der Waals surface area contributed by atoms with Crippen LogP contribution in [0.3, 0.4) is 0 Å². The average molecular weight is 328 g/mol. The Hall–Kier alpha value is -3.40. The number of ether oxygens (including phenoxy) is 1. The third kappa shape index (κ3) is 3.02. The van der Waals surface area contributed by atoms with Crippen LogP contribution in [0.1, 0.15) is 11.1 Å². The molecule has 0 amide bonds. The molecule has 0 N–H and O–H groups in total. The van der Waals surface area contributed by atoms with Crippen LogP contribution in [0.15, 0.2) is 71.7 Å². The molecule has 1 aromatic carbocycles. The highest BCUT2D eigenvalue weighted by Crippen LogP contribution is 2.36. The molecule has 0 saturated carbocycles. The molecule has 3 aromatic heterocycles. The highest BCUT2D eigenvalue weighted by molar-refractivity contribution is 5.95. The number of hydrogen-bond donors (Lipinski definition) is 0. The molecule has 0 aliphatic rings. The molecule has 0 bridgehead atoms. The van der Waals surface area contributed by atoms with Crippen molar-refractivity contribution in [3.63, 3.8) is 0 Å². The summed E-state index contributed by atoms with van der Waals surface area (Å²) in [7, 11) is 1.65. The van der Waals surface area contributed by atoms with Gasteiger partial charge in [0.15, 0.2) is 11.3 Å². The summed E-state index contributed by atoms with van der Waals surface area (Å²) in [6, 6.07) is 13.8. The summed E-state index contributed by atoms with van der Waals surface area (Å²) < 4.78 is 11.5. The fourth-order valence-electron chi connectivity index (χ4n) is 2.74. The molecule has 0 unspecified atom stereocenters. The molecule has 0 radical (unpaired) electrons. The Morgan fingerprint density at radius 3 is 2.32 bits per heavy atom. The number of nitrogens with zero attached hydrogens (tertiary/aromatic N) is 2. The Balaban J connectivity index is 1.82. The van der Waals surface area contributed by atoms with Crippen LogP contribution >= 0.6 is 0 Å². The van der Waals surface area contributed by atoms with Crippen molar-refractivity contribution in [3.8, 4) is 17.1 Å². The Morgan fingerprint density at radius 1 is 0.880 bits per heavy atom. The molecule has 25 heavy (non-hydrogen) atoms. The maximum atomic E-state index is 6.07. The van der Waals surface area contributed by atoms with Crippen molar-refractivity contribution in [1.29, 1.82) is 0 Å². The number of aromatic nitrogens is 2. The summed E-state index contributed by atoms with van der Waals surface area (Å²) in [6.45, 7) is 0. The van der Waals surface area contributed by atoms with E-state index >= 15 is 0 Å². The number of methoxy groups -OCH3 is 1. The molecular formula is C21H16N2O2. The minimum absolute atomic E-state index is 0.719. The van der Waals surface area contributed by atoms with Gasteiger partial charge in [0.2, 0.25) is 0 Å². The van der Waals surface area contributed by atoms with Gasteiger partial charge in [0.1, 0.15) is 5.76 Å². The highest BCUT2D eigenvalue weighted by Gasteiger charge is 2.13. The van der Waals surface area contributed by atoms with Crippen molar-refractivity contribution < 1.29 is 9.15 Å². The van der Waals surface area contributed by atoms with Gasteiger partial charge in [-0.25, -0.2) is 0 Å². The van der Waals surface area contributed by atoms with Gasteiger partial charge in [-0.2, -0.15) is 0 Å². The maximum Gasteiger partial charge on any atom is 0.177 e. The maximum absolute atomic E-state index is 6.07. The van der Waals surface area contributed by atoms with E-state index in [4.69, 9.17) is 9.15 Å². The van der Waals surface area contributed by atoms with Gasteiger partial charge in [-0.05, 0) is 47.5 Å². The minimum Gasteiger partial charge on any atom is -0.493 e. The normalized spacial score (nSPS) is 11.2. The third-order valence-electron chi connectivity index (χ3n) is 4.03. The SMILES string of the molecule is COc1ccc(C=Cc2ccncc2)c2cc(-c3ccncc3)oc12. The van der Waals surface area contributed by atoms with Crippen LogP contribution in [0.25, 0.3) is 34.4 Å². The quantitative estimate of drug-likeness (QED) is 0.525. The van der Waals surface area contributed by atoms with E-state index in [1.54, 1.807) is 31.9 Å². The fourth-order valence-corrected chi connectivity index (χ4v) is 2.74. The molecule has 4 rings (SSSR count). The third-order valence-corrected chi connectivity index (χ3v) is 4.03. The van der Waals surface area contributed by atoms with Gasteiger partial charge in [0, 0.05) is 35.7 Å². The smallest absolute Gasteiger partial charge is 0.177 e. The topological polar surface area (TPSA) is 48.2 Å². The van der Waals surface area contributed by atoms with Crippen LogP contribution in [0.5, 0.6) is 5.75 Å². The largest absolute Gasteiger partial charge is 0.493 e. The molecule has 0 aliphatic carbocycles. The first-order chi connectivity index (χ1) is 12.3. The van der Waals surface area contributed by atoms with Gasteiger partial charge >= 0.3 is 0 Å². The number of pyridine rings is 2. The molecule has 0 aliphatic heterocycles. The Labute approximate surface area is 145 Å². The van der Waals surface area contributed by atoms with E-state index in [9.17, 15) is 0 Å². The number of rotatable bonds is 4. The highest BCUT2D eigenvalue weighted by atomic mass is 16.5. The standard InChI is InChI=1S/C21H16N2O2/c1-24-19-5-4-16(3-2-15-6-10-22-11-7-15)18-14-20(25-21(18)19)17-8-12-23-13-9-17/h2-14H,1H3. The summed E-state index contributed by atoms with van der Waals surface area (Å²) in [5, 5.41) is 1.01. The molecular weight excluding hydrogens is 312 g/mol. The Morgan fingerprint density at radius 2 is 1.60 bits per heavy atom. The molecule has 0 saturated heterocycles. The second-order valence-electron chi connectivity index (χ2n) is 5.56. The van der Waals surface area contributed by atoms with Crippen molar-refractivity contribution in [1.82, 2.24) is 9.97 Å². The molecule has 4 aromatic rings. The Kier molecular flexibility index (Phi) is 4.01. The molecule has 0 fully saturated rings. The van der Waals surface area contributed by atoms with Crippen LogP contribution in [0.2, 0.25) is 0 Å². The minimum atomic E-state index is 0.719. The number of benzene rings is 1. The zero-order valence-electron chi connectivity index (χ0n) is 13.7. The van der Waals surface area contributed by atoms with E-state index in [0.29, 0.717) is 0 Å². The van der Waals surface area contributed by atoms with Crippen molar-refractivity contribution in [2.75, 3.05) is 7.11 Å². The lowest BCUT2D eigenvalue weighted by molar-refractivity contribution is 0.411. The predicted molar refractivity (Wildman–Crippen MR) is 99.2 cm³/mol. The molecule has 0 atom stereocenters. The Bertz CT molecular complexity index is 1020. The van der Waals surface area contributed by atoms with E-state index in [-0.39, 0.29) is 0 Å². The van der Waals surface area contributed by atoms with Crippen molar-refractivity contribution in [2.24, 2.45) is 0 Å². The fraction of sp³-hybridized carbons (Fsp3) is 0.0476. The van der Waals surface area contributed by atoms with Gasteiger partial charge in [-0.3, -0.25) is 9.97 Å². The second-order valence-corrected chi connectivity index (χ2v) is 5.56. The first-order valence-electron chi connectivity index (χ1n) is 7.94. The monoisotopic (exact) mass is 328 g/mol. The van der Waals surface area contributed by atoms with Crippen molar-refractivity contribution >= 4 is 23.1 Å². The zero-order chi connectivity index (χ0) is 17.1. The number of furan rings is 1. The van der Waals surface area contributed by atoms with Crippen LogP contribution in [0.4, 0.5) is 0 Å². The second kappa shape index (κ2) is 6.61. The van der Waals surface area contributed by atoms with Gasteiger partial charge in [-0.1, -0.05) is 18.2 Å². The van der Waals surface area contributed by atoms with Crippen molar-refractivity contribution in [3.05, 3.63) is 78.4 Å². The summed E-state index contributed by atoms with van der Waals surface area (Å²) in [5.74, 6) is 1.51. The summed E-state index contributed by atoms with van der Waals surface area (Å²) >= 11 is 0. The zero-order valence-corrected chi connectivity index (χ0v) is 13.7. The first kappa shape index (κ1) is 15.1. The van der Waals surface area contributed by atoms with Crippen LogP contribution in [0, 0.1) is 0 Å². The van der Waals surface area contributed by atoms with E-state index in [2.05, 4.69) is 22.1 Å². The van der Waals surface area contributed by atoms with E-state index in [1.165, 1.54) is 0 Å². The summed E-state index contributed by atoms with van der Waals surface area (Å²) in [5.41, 5.74) is 3.89. The van der Waals surface area contributed by atoms with Gasteiger partial charge < -0.3 is 9.15 Å².